The molecule has 3 aromatic rings. The van der Waals surface area contributed by atoms with E-state index in [0.29, 0.717) is 32.5 Å². The molecule has 20 heavy (non-hydrogen) atoms. The lowest BCUT2D eigenvalue weighted by atomic mass is 10.2. The summed E-state index contributed by atoms with van der Waals surface area (Å²) in [6.07, 6.45) is 1.63. The SMILES string of the molecule is Cn1c(-c2ccc(Cl)cc2Cl)nc(=O)c2cccnc21. The Balaban J connectivity index is 2.37. The van der Waals surface area contributed by atoms with Crippen molar-refractivity contribution in [3.05, 3.63) is 56.9 Å². The molecule has 2 aromatic heterocycles. The van der Waals surface area contributed by atoms with Crippen LogP contribution in [0, 0.1) is 0 Å². The fraction of sp³-hybridized carbons (Fsp3) is 0.0714. The second-order valence-corrected chi connectivity index (χ2v) is 5.14. The van der Waals surface area contributed by atoms with E-state index in [1.165, 1.54) is 0 Å². The summed E-state index contributed by atoms with van der Waals surface area (Å²) in [6, 6.07) is 8.47. The zero-order valence-corrected chi connectivity index (χ0v) is 12.0. The van der Waals surface area contributed by atoms with Crippen LogP contribution in [-0.2, 0) is 7.05 Å². The molecular formula is C14H9Cl2N3O. The van der Waals surface area contributed by atoms with Gasteiger partial charge in [-0.1, -0.05) is 23.2 Å². The van der Waals surface area contributed by atoms with Crippen LogP contribution < -0.4 is 5.56 Å². The number of pyridine rings is 1. The van der Waals surface area contributed by atoms with Crippen LogP contribution in [-0.4, -0.2) is 14.5 Å². The number of benzene rings is 1. The topological polar surface area (TPSA) is 47.8 Å². The van der Waals surface area contributed by atoms with Crippen molar-refractivity contribution in [3.8, 4) is 11.4 Å². The van der Waals surface area contributed by atoms with E-state index in [1.54, 1.807) is 48.1 Å². The first-order chi connectivity index (χ1) is 9.58. The van der Waals surface area contributed by atoms with Gasteiger partial charge in [0, 0.05) is 23.8 Å². The molecule has 0 amide bonds. The molecule has 3 rings (SSSR count). The van der Waals surface area contributed by atoms with E-state index in [4.69, 9.17) is 23.2 Å². The second-order valence-electron chi connectivity index (χ2n) is 4.30. The summed E-state index contributed by atoms with van der Waals surface area (Å²) in [5.74, 6) is 0.461. The quantitative estimate of drug-likeness (QED) is 0.693. The first-order valence-electron chi connectivity index (χ1n) is 5.85. The van der Waals surface area contributed by atoms with Crippen molar-refractivity contribution in [1.29, 1.82) is 0 Å². The van der Waals surface area contributed by atoms with Crippen LogP contribution in [0.1, 0.15) is 0 Å². The van der Waals surface area contributed by atoms with Gasteiger partial charge in [-0.15, -0.1) is 0 Å². The number of nitrogens with zero attached hydrogens (tertiary/aromatic N) is 3. The molecule has 0 aliphatic rings. The molecular weight excluding hydrogens is 297 g/mol. The van der Waals surface area contributed by atoms with Crippen molar-refractivity contribution in [1.82, 2.24) is 14.5 Å². The lowest BCUT2D eigenvalue weighted by Crippen LogP contribution is -2.15. The number of rotatable bonds is 1. The van der Waals surface area contributed by atoms with E-state index in [-0.39, 0.29) is 5.56 Å². The standard InChI is InChI=1S/C14H9Cl2N3O/c1-19-12-10(3-2-6-17-12)14(20)18-13(19)9-5-4-8(15)7-11(9)16/h2-7H,1H3. The van der Waals surface area contributed by atoms with Crippen LogP contribution in [0.2, 0.25) is 10.0 Å². The average Bonchev–Trinajstić information content (AvgIpc) is 2.43. The van der Waals surface area contributed by atoms with Gasteiger partial charge in [-0.05, 0) is 30.3 Å². The van der Waals surface area contributed by atoms with Crippen molar-refractivity contribution in [2.24, 2.45) is 7.05 Å². The predicted molar refractivity (Wildman–Crippen MR) is 80.2 cm³/mol. The Hall–Kier alpha value is -1.91. The molecule has 0 saturated carbocycles. The van der Waals surface area contributed by atoms with E-state index in [2.05, 4.69) is 9.97 Å². The largest absolute Gasteiger partial charge is 0.313 e. The minimum absolute atomic E-state index is 0.327. The van der Waals surface area contributed by atoms with E-state index in [0.717, 1.165) is 0 Å². The molecule has 0 aliphatic carbocycles. The molecule has 2 heterocycles. The highest BCUT2D eigenvalue weighted by molar-refractivity contribution is 6.36. The number of aryl methyl sites for hydroxylation is 1. The van der Waals surface area contributed by atoms with Crippen molar-refractivity contribution in [2.45, 2.75) is 0 Å². The number of fused-ring (bicyclic) bond motifs is 1. The third-order valence-corrected chi connectivity index (χ3v) is 3.58. The van der Waals surface area contributed by atoms with Crippen LogP contribution >= 0.6 is 23.2 Å². The van der Waals surface area contributed by atoms with Gasteiger partial charge in [-0.2, -0.15) is 4.98 Å². The lowest BCUT2D eigenvalue weighted by molar-refractivity contribution is 0.897. The third-order valence-electron chi connectivity index (χ3n) is 3.03. The van der Waals surface area contributed by atoms with Gasteiger partial charge in [0.2, 0.25) is 0 Å². The summed E-state index contributed by atoms with van der Waals surface area (Å²) in [5.41, 5.74) is 0.879. The van der Waals surface area contributed by atoms with Gasteiger partial charge < -0.3 is 4.57 Å². The Kier molecular flexibility index (Phi) is 3.20. The molecule has 1 aromatic carbocycles. The average molecular weight is 306 g/mol. The molecule has 0 N–H and O–H groups in total. The minimum Gasteiger partial charge on any atom is -0.313 e. The highest BCUT2D eigenvalue weighted by atomic mass is 35.5. The molecule has 0 spiro atoms. The van der Waals surface area contributed by atoms with Crippen LogP contribution in [0.4, 0.5) is 0 Å². The van der Waals surface area contributed by atoms with Crippen LogP contribution in [0.15, 0.2) is 41.3 Å². The molecule has 0 atom stereocenters. The maximum atomic E-state index is 12.1. The highest BCUT2D eigenvalue weighted by Crippen LogP contribution is 2.29. The van der Waals surface area contributed by atoms with Crippen LogP contribution in [0.5, 0.6) is 0 Å². The molecule has 0 bridgehead atoms. The fourth-order valence-electron chi connectivity index (χ4n) is 2.07. The van der Waals surface area contributed by atoms with E-state index < -0.39 is 0 Å². The van der Waals surface area contributed by atoms with E-state index in [9.17, 15) is 4.79 Å². The van der Waals surface area contributed by atoms with Gasteiger partial charge in [0.15, 0.2) is 0 Å². The van der Waals surface area contributed by atoms with Gasteiger partial charge in [0.05, 0.1) is 10.4 Å². The van der Waals surface area contributed by atoms with Crippen molar-refractivity contribution in [3.63, 3.8) is 0 Å². The second kappa shape index (κ2) is 4.89. The van der Waals surface area contributed by atoms with Gasteiger partial charge in [0.25, 0.3) is 5.56 Å². The van der Waals surface area contributed by atoms with Crippen LogP contribution in [0.25, 0.3) is 22.4 Å². The Labute approximate surface area is 124 Å². The number of hydrogen-bond donors (Lipinski definition) is 0. The zero-order valence-electron chi connectivity index (χ0n) is 10.5. The number of hydrogen-bond acceptors (Lipinski definition) is 3. The Morgan fingerprint density at radius 3 is 2.75 bits per heavy atom. The lowest BCUT2D eigenvalue weighted by Gasteiger charge is -2.11. The maximum Gasteiger partial charge on any atom is 0.282 e. The molecule has 0 fully saturated rings. The molecule has 100 valence electrons. The van der Waals surface area contributed by atoms with Gasteiger partial charge in [0.1, 0.15) is 11.5 Å². The van der Waals surface area contributed by atoms with Gasteiger partial charge in [-0.3, -0.25) is 4.79 Å². The van der Waals surface area contributed by atoms with Crippen molar-refractivity contribution >= 4 is 34.2 Å². The van der Waals surface area contributed by atoms with Crippen molar-refractivity contribution in [2.75, 3.05) is 0 Å². The highest BCUT2D eigenvalue weighted by Gasteiger charge is 2.13. The first kappa shape index (κ1) is 13.1. The first-order valence-corrected chi connectivity index (χ1v) is 6.60. The summed E-state index contributed by atoms with van der Waals surface area (Å²) >= 11 is 12.1. The summed E-state index contributed by atoms with van der Waals surface area (Å²) in [5, 5.41) is 1.45. The minimum atomic E-state index is -0.327. The van der Waals surface area contributed by atoms with Crippen LogP contribution in [0.3, 0.4) is 0 Å². The van der Waals surface area contributed by atoms with Gasteiger partial charge >= 0.3 is 0 Å². The Morgan fingerprint density at radius 1 is 1.20 bits per heavy atom. The van der Waals surface area contributed by atoms with E-state index in [1.807, 2.05) is 0 Å². The molecule has 0 radical (unpaired) electrons. The zero-order chi connectivity index (χ0) is 14.3. The number of aromatic nitrogens is 3. The molecule has 4 nitrogen and oxygen atoms in total. The van der Waals surface area contributed by atoms with Crippen molar-refractivity contribution < 1.29 is 0 Å². The maximum absolute atomic E-state index is 12.1. The molecule has 0 aliphatic heterocycles. The number of halogens is 2. The van der Waals surface area contributed by atoms with Gasteiger partial charge in [-0.25, -0.2) is 4.98 Å². The van der Waals surface area contributed by atoms with E-state index >= 15 is 0 Å². The summed E-state index contributed by atoms with van der Waals surface area (Å²) in [7, 11) is 1.79. The summed E-state index contributed by atoms with van der Waals surface area (Å²) in [6.45, 7) is 0. The fourth-order valence-corrected chi connectivity index (χ4v) is 2.57. The molecule has 6 heteroatoms. The normalized spacial score (nSPS) is 10.9. The molecule has 0 unspecified atom stereocenters. The molecule has 0 saturated heterocycles. The summed E-state index contributed by atoms with van der Waals surface area (Å²) in [4.78, 5) is 20.4. The third kappa shape index (κ3) is 2.07. The summed E-state index contributed by atoms with van der Waals surface area (Å²) < 4.78 is 1.74. The predicted octanol–water partition coefficient (Wildman–Crippen LogP) is 3.30. The smallest absolute Gasteiger partial charge is 0.282 e. The Bertz CT molecular complexity index is 874. The Morgan fingerprint density at radius 2 is 2.00 bits per heavy atom. The monoisotopic (exact) mass is 305 g/mol.